The molecule has 0 saturated carbocycles. The monoisotopic (exact) mass is 247 g/mol. The molecule has 4 nitrogen and oxygen atoms in total. The largest absolute Gasteiger partial charge is 0.325 e. The summed E-state index contributed by atoms with van der Waals surface area (Å²) in [6.07, 6.45) is 2.24. The summed E-state index contributed by atoms with van der Waals surface area (Å²) in [6.45, 7) is 5.54. The Morgan fingerprint density at radius 3 is 2.72 bits per heavy atom. The SMILES string of the molecule is CCNCc1ccccc1NC(=O)N1CCCC1. The zero-order chi connectivity index (χ0) is 12.8. The molecule has 2 amide bonds. The molecule has 1 aromatic rings. The third kappa shape index (κ3) is 3.23. The summed E-state index contributed by atoms with van der Waals surface area (Å²) in [5, 5.41) is 6.29. The first kappa shape index (κ1) is 12.9. The summed E-state index contributed by atoms with van der Waals surface area (Å²) in [7, 11) is 0. The van der Waals surface area contributed by atoms with Crippen LogP contribution in [0.2, 0.25) is 0 Å². The highest BCUT2D eigenvalue weighted by atomic mass is 16.2. The number of nitrogens with one attached hydrogen (secondary N) is 2. The molecule has 0 aliphatic carbocycles. The summed E-state index contributed by atoms with van der Waals surface area (Å²) in [5.74, 6) is 0. The quantitative estimate of drug-likeness (QED) is 0.858. The second-order valence-corrected chi connectivity index (χ2v) is 4.56. The van der Waals surface area contributed by atoms with Crippen LogP contribution in [0.15, 0.2) is 24.3 Å². The van der Waals surface area contributed by atoms with Crippen LogP contribution in [0, 0.1) is 0 Å². The minimum atomic E-state index is 0.0245. The van der Waals surface area contributed by atoms with E-state index in [4.69, 9.17) is 0 Å². The van der Waals surface area contributed by atoms with Gasteiger partial charge in [-0.05, 0) is 31.0 Å². The van der Waals surface area contributed by atoms with Crippen molar-refractivity contribution >= 4 is 11.7 Å². The molecule has 1 aromatic carbocycles. The first-order valence-electron chi connectivity index (χ1n) is 6.66. The van der Waals surface area contributed by atoms with E-state index in [0.29, 0.717) is 0 Å². The zero-order valence-electron chi connectivity index (χ0n) is 10.9. The van der Waals surface area contributed by atoms with Gasteiger partial charge in [0.25, 0.3) is 0 Å². The van der Waals surface area contributed by atoms with Crippen LogP contribution in [-0.4, -0.2) is 30.6 Å². The number of hydrogen-bond acceptors (Lipinski definition) is 2. The van der Waals surface area contributed by atoms with Gasteiger partial charge in [0.15, 0.2) is 0 Å². The van der Waals surface area contributed by atoms with Gasteiger partial charge in [-0.2, -0.15) is 0 Å². The van der Waals surface area contributed by atoms with Crippen LogP contribution in [0.5, 0.6) is 0 Å². The van der Waals surface area contributed by atoms with Crippen molar-refractivity contribution in [3.05, 3.63) is 29.8 Å². The van der Waals surface area contributed by atoms with Gasteiger partial charge in [-0.25, -0.2) is 4.79 Å². The molecule has 18 heavy (non-hydrogen) atoms. The third-order valence-corrected chi connectivity index (χ3v) is 3.22. The maximum atomic E-state index is 12.0. The Balaban J connectivity index is 2.00. The molecule has 4 heteroatoms. The molecule has 2 rings (SSSR count). The standard InChI is InChI=1S/C14H21N3O/c1-2-15-11-12-7-3-4-8-13(12)16-14(18)17-9-5-6-10-17/h3-4,7-8,15H,2,5-6,9-11H2,1H3,(H,16,18). The molecule has 1 saturated heterocycles. The van der Waals surface area contributed by atoms with E-state index in [0.717, 1.165) is 50.3 Å². The zero-order valence-corrected chi connectivity index (χ0v) is 10.9. The van der Waals surface area contributed by atoms with E-state index in [1.807, 2.05) is 29.2 Å². The Bertz CT molecular complexity index is 400. The van der Waals surface area contributed by atoms with Crippen molar-refractivity contribution in [2.45, 2.75) is 26.3 Å². The fourth-order valence-corrected chi connectivity index (χ4v) is 2.17. The van der Waals surface area contributed by atoms with Gasteiger partial charge in [-0.15, -0.1) is 0 Å². The number of nitrogens with zero attached hydrogens (tertiary/aromatic N) is 1. The van der Waals surface area contributed by atoms with Gasteiger partial charge in [-0.1, -0.05) is 25.1 Å². The maximum absolute atomic E-state index is 12.0. The van der Waals surface area contributed by atoms with Crippen molar-refractivity contribution < 1.29 is 4.79 Å². The molecule has 0 aromatic heterocycles. The third-order valence-electron chi connectivity index (χ3n) is 3.22. The molecule has 1 heterocycles. The molecule has 1 aliphatic heterocycles. The van der Waals surface area contributed by atoms with E-state index in [1.54, 1.807) is 0 Å². The van der Waals surface area contributed by atoms with Crippen LogP contribution < -0.4 is 10.6 Å². The van der Waals surface area contributed by atoms with E-state index in [-0.39, 0.29) is 6.03 Å². The summed E-state index contributed by atoms with van der Waals surface area (Å²) in [6, 6.07) is 7.98. The lowest BCUT2D eigenvalue weighted by molar-refractivity contribution is 0.222. The highest BCUT2D eigenvalue weighted by Gasteiger charge is 2.18. The average Bonchev–Trinajstić information content (AvgIpc) is 2.91. The number of amides is 2. The molecule has 0 bridgehead atoms. The van der Waals surface area contributed by atoms with Crippen molar-refractivity contribution in [2.75, 3.05) is 25.0 Å². The lowest BCUT2D eigenvalue weighted by atomic mass is 10.2. The fraction of sp³-hybridized carbons (Fsp3) is 0.500. The van der Waals surface area contributed by atoms with Gasteiger partial charge in [0.05, 0.1) is 0 Å². The number of carbonyl (C=O) groups is 1. The van der Waals surface area contributed by atoms with E-state index in [2.05, 4.69) is 17.6 Å². The van der Waals surface area contributed by atoms with Crippen molar-refractivity contribution in [2.24, 2.45) is 0 Å². The van der Waals surface area contributed by atoms with Crippen molar-refractivity contribution in [1.82, 2.24) is 10.2 Å². The first-order valence-corrected chi connectivity index (χ1v) is 6.66. The summed E-state index contributed by atoms with van der Waals surface area (Å²) in [4.78, 5) is 13.9. The predicted molar refractivity (Wildman–Crippen MR) is 73.6 cm³/mol. The van der Waals surface area contributed by atoms with Gasteiger partial charge in [0, 0.05) is 25.3 Å². The van der Waals surface area contributed by atoms with Crippen LogP contribution in [0.1, 0.15) is 25.3 Å². The topological polar surface area (TPSA) is 44.4 Å². The minimum absolute atomic E-state index is 0.0245. The molecule has 0 spiro atoms. The maximum Gasteiger partial charge on any atom is 0.321 e. The second-order valence-electron chi connectivity index (χ2n) is 4.56. The molecule has 0 atom stereocenters. The lowest BCUT2D eigenvalue weighted by Gasteiger charge is -2.18. The molecule has 98 valence electrons. The Kier molecular flexibility index (Phi) is 4.59. The van der Waals surface area contributed by atoms with E-state index >= 15 is 0 Å². The number of anilines is 1. The molecule has 1 aliphatic rings. The average molecular weight is 247 g/mol. The number of rotatable bonds is 4. The van der Waals surface area contributed by atoms with Gasteiger partial charge in [-0.3, -0.25) is 0 Å². The normalized spacial score (nSPS) is 14.8. The van der Waals surface area contributed by atoms with E-state index in [9.17, 15) is 4.79 Å². The van der Waals surface area contributed by atoms with Gasteiger partial charge < -0.3 is 15.5 Å². The van der Waals surface area contributed by atoms with Crippen LogP contribution in [0.3, 0.4) is 0 Å². The van der Waals surface area contributed by atoms with Gasteiger partial charge >= 0.3 is 6.03 Å². The number of urea groups is 1. The number of para-hydroxylation sites is 1. The number of benzene rings is 1. The van der Waals surface area contributed by atoms with Crippen molar-refractivity contribution in [3.63, 3.8) is 0 Å². The van der Waals surface area contributed by atoms with E-state index in [1.165, 1.54) is 0 Å². The Hall–Kier alpha value is -1.55. The van der Waals surface area contributed by atoms with Crippen molar-refractivity contribution in [1.29, 1.82) is 0 Å². The van der Waals surface area contributed by atoms with Crippen molar-refractivity contribution in [3.8, 4) is 0 Å². The highest BCUT2D eigenvalue weighted by Crippen LogP contribution is 2.17. The highest BCUT2D eigenvalue weighted by molar-refractivity contribution is 5.90. The molecular weight excluding hydrogens is 226 g/mol. The molecule has 1 fully saturated rings. The van der Waals surface area contributed by atoms with Crippen LogP contribution in [-0.2, 0) is 6.54 Å². The first-order chi connectivity index (χ1) is 8.81. The summed E-state index contributed by atoms with van der Waals surface area (Å²) >= 11 is 0. The molecule has 0 unspecified atom stereocenters. The van der Waals surface area contributed by atoms with Gasteiger partial charge in [0.1, 0.15) is 0 Å². The number of hydrogen-bond donors (Lipinski definition) is 2. The van der Waals surface area contributed by atoms with Crippen LogP contribution in [0.4, 0.5) is 10.5 Å². The van der Waals surface area contributed by atoms with Crippen LogP contribution >= 0.6 is 0 Å². The van der Waals surface area contributed by atoms with Crippen LogP contribution in [0.25, 0.3) is 0 Å². The predicted octanol–water partition coefficient (Wildman–Crippen LogP) is 2.42. The summed E-state index contributed by atoms with van der Waals surface area (Å²) in [5.41, 5.74) is 2.04. The summed E-state index contributed by atoms with van der Waals surface area (Å²) < 4.78 is 0. The van der Waals surface area contributed by atoms with Gasteiger partial charge in [0.2, 0.25) is 0 Å². The Labute approximate surface area is 108 Å². The van der Waals surface area contributed by atoms with E-state index < -0.39 is 0 Å². The number of carbonyl (C=O) groups excluding carboxylic acids is 1. The molecular formula is C14H21N3O. The Morgan fingerprint density at radius 1 is 1.28 bits per heavy atom. The fourth-order valence-electron chi connectivity index (χ4n) is 2.17. The second kappa shape index (κ2) is 6.40. The Morgan fingerprint density at radius 2 is 2.00 bits per heavy atom. The molecule has 2 N–H and O–H groups in total. The molecule has 0 radical (unpaired) electrons. The smallest absolute Gasteiger partial charge is 0.321 e. The number of likely N-dealkylation sites (tertiary alicyclic amines) is 1. The lowest BCUT2D eigenvalue weighted by Crippen LogP contribution is -2.32. The minimum Gasteiger partial charge on any atom is -0.325 e.